The van der Waals surface area contributed by atoms with E-state index in [2.05, 4.69) is 10.0 Å². The molecular formula is C7H14N2O5. The van der Waals surface area contributed by atoms with E-state index in [1.54, 1.807) is 0 Å². The number of rotatable bonds is 7. The van der Waals surface area contributed by atoms with Crippen LogP contribution in [0.15, 0.2) is 5.29 Å². The molecule has 82 valence electrons. The van der Waals surface area contributed by atoms with Crippen LogP contribution in [0.3, 0.4) is 0 Å². The minimum absolute atomic E-state index is 0.101. The summed E-state index contributed by atoms with van der Waals surface area (Å²) in [5.74, 6) is -0.481. The third-order valence-corrected chi connectivity index (χ3v) is 1.42. The van der Waals surface area contributed by atoms with E-state index in [1.165, 1.54) is 21.1 Å². The molecule has 0 spiro atoms. The lowest BCUT2D eigenvalue weighted by Gasteiger charge is -2.19. The zero-order valence-electron chi connectivity index (χ0n) is 8.43. The van der Waals surface area contributed by atoms with Crippen molar-refractivity contribution in [2.24, 2.45) is 5.29 Å². The Hall–Kier alpha value is -1.21. The summed E-state index contributed by atoms with van der Waals surface area (Å²) in [7, 11) is 2.87. The Morgan fingerprint density at radius 1 is 1.43 bits per heavy atom. The number of hydrogen-bond donors (Lipinski definition) is 0. The summed E-state index contributed by atoms with van der Waals surface area (Å²) in [6, 6.07) is 0. The molecule has 0 bridgehead atoms. The lowest BCUT2D eigenvalue weighted by atomic mass is 10.6. The van der Waals surface area contributed by atoms with Crippen LogP contribution in [0.4, 0.5) is 0 Å². The van der Waals surface area contributed by atoms with Crippen molar-refractivity contribution in [1.82, 2.24) is 5.01 Å². The molecule has 0 aromatic carbocycles. The summed E-state index contributed by atoms with van der Waals surface area (Å²) >= 11 is 0. The van der Waals surface area contributed by atoms with E-state index < -0.39 is 12.3 Å². The molecule has 0 aromatic rings. The third-order valence-electron chi connectivity index (χ3n) is 1.42. The Morgan fingerprint density at radius 3 is 2.36 bits per heavy atom. The van der Waals surface area contributed by atoms with E-state index in [4.69, 9.17) is 9.47 Å². The van der Waals surface area contributed by atoms with Crippen LogP contribution in [0, 0.1) is 4.91 Å². The Kier molecular flexibility index (Phi) is 6.59. The molecule has 0 atom stereocenters. The first-order chi connectivity index (χ1) is 6.63. The topological polar surface area (TPSA) is 77.4 Å². The maximum Gasteiger partial charge on any atom is 0.304 e. The SMILES string of the molecule is COC(CN(COC(C)=O)N=O)OC. The number of carbonyl (C=O) groups excluding carboxylic acids is 1. The Labute approximate surface area is 81.9 Å². The molecule has 0 aliphatic heterocycles. The number of esters is 1. The van der Waals surface area contributed by atoms with E-state index in [0.717, 1.165) is 5.01 Å². The van der Waals surface area contributed by atoms with Gasteiger partial charge in [-0.2, -0.15) is 0 Å². The molecule has 7 heteroatoms. The Bertz CT molecular complexity index is 183. The second-order valence-corrected chi connectivity index (χ2v) is 2.44. The van der Waals surface area contributed by atoms with Crippen LogP contribution < -0.4 is 0 Å². The maximum absolute atomic E-state index is 10.4. The highest BCUT2D eigenvalue weighted by Gasteiger charge is 2.12. The van der Waals surface area contributed by atoms with Gasteiger partial charge in [-0.1, -0.05) is 0 Å². The van der Waals surface area contributed by atoms with Crippen LogP contribution in [-0.2, 0) is 19.0 Å². The van der Waals surface area contributed by atoms with Crippen LogP contribution in [0.5, 0.6) is 0 Å². The molecule has 0 heterocycles. The normalized spacial score (nSPS) is 10.0. The molecule has 0 fully saturated rings. The van der Waals surface area contributed by atoms with Gasteiger partial charge in [-0.25, -0.2) is 5.01 Å². The number of methoxy groups -OCH3 is 2. The summed E-state index contributed by atoms with van der Waals surface area (Å²) in [5.41, 5.74) is 0. The van der Waals surface area contributed by atoms with Crippen molar-refractivity contribution in [3.8, 4) is 0 Å². The summed E-state index contributed by atoms with van der Waals surface area (Å²) in [5, 5.41) is 3.63. The van der Waals surface area contributed by atoms with Crippen molar-refractivity contribution in [3.63, 3.8) is 0 Å². The molecule has 0 aliphatic carbocycles. The molecule has 7 nitrogen and oxygen atoms in total. The van der Waals surface area contributed by atoms with Gasteiger partial charge in [0.25, 0.3) is 0 Å². The van der Waals surface area contributed by atoms with E-state index in [9.17, 15) is 9.70 Å². The first-order valence-electron chi connectivity index (χ1n) is 3.91. The lowest BCUT2D eigenvalue weighted by molar-refractivity contribution is -0.153. The van der Waals surface area contributed by atoms with Crippen LogP contribution >= 0.6 is 0 Å². The van der Waals surface area contributed by atoms with Gasteiger partial charge in [0.2, 0.25) is 0 Å². The summed E-state index contributed by atoms with van der Waals surface area (Å²) in [4.78, 5) is 20.7. The molecule has 14 heavy (non-hydrogen) atoms. The van der Waals surface area contributed by atoms with Crippen LogP contribution in [0.25, 0.3) is 0 Å². The number of hydrogen-bond acceptors (Lipinski definition) is 6. The second-order valence-electron chi connectivity index (χ2n) is 2.44. The van der Waals surface area contributed by atoms with Gasteiger partial charge in [0.15, 0.2) is 13.0 Å². The predicted octanol–water partition coefficient (Wildman–Crippen LogP) is 0.109. The van der Waals surface area contributed by atoms with Gasteiger partial charge < -0.3 is 14.2 Å². The molecular weight excluding hydrogens is 192 g/mol. The minimum atomic E-state index is -0.580. The van der Waals surface area contributed by atoms with Crippen LogP contribution in [-0.4, -0.2) is 44.8 Å². The number of ether oxygens (including phenoxy) is 3. The van der Waals surface area contributed by atoms with E-state index in [-0.39, 0.29) is 13.3 Å². The summed E-state index contributed by atoms with van der Waals surface area (Å²) < 4.78 is 14.2. The van der Waals surface area contributed by atoms with E-state index in [1.807, 2.05) is 0 Å². The minimum Gasteiger partial charge on any atom is -0.443 e. The molecule has 0 saturated carbocycles. The largest absolute Gasteiger partial charge is 0.443 e. The number of carbonyl (C=O) groups is 1. The van der Waals surface area contributed by atoms with Gasteiger partial charge >= 0.3 is 5.97 Å². The van der Waals surface area contributed by atoms with Crippen molar-refractivity contribution in [3.05, 3.63) is 4.91 Å². The lowest BCUT2D eigenvalue weighted by Crippen LogP contribution is -2.32. The maximum atomic E-state index is 10.4. The molecule has 0 unspecified atom stereocenters. The van der Waals surface area contributed by atoms with Gasteiger partial charge in [-0.15, -0.1) is 4.91 Å². The van der Waals surface area contributed by atoms with Crippen molar-refractivity contribution in [2.75, 3.05) is 27.5 Å². The first-order valence-corrected chi connectivity index (χ1v) is 3.91. The summed E-state index contributed by atoms with van der Waals surface area (Å²) in [6.07, 6.45) is -0.580. The molecule has 0 N–H and O–H groups in total. The molecule has 0 aliphatic rings. The average molecular weight is 206 g/mol. The fourth-order valence-corrected chi connectivity index (χ4v) is 0.692. The standard InChI is InChI=1S/C7H14N2O5/c1-6(10)14-5-9(8-11)4-7(12-2)13-3/h7H,4-5H2,1-3H3. The Morgan fingerprint density at radius 2 is 2.00 bits per heavy atom. The zero-order valence-corrected chi connectivity index (χ0v) is 8.43. The van der Waals surface area contributed by atoms with Crippen molar-refractivity contribution in [1.29, 1.82) is 0 Å². The zero-order chi connectivity index (χ0) is 11.0. The third kappa shape index (κ3) is 5.44. The highest BCUT2D eigenvalue weighted by Crippen LogP contribution is 1.98. The smallest absolute Gasteiger partial charge is 0.304 e. The quantitative estimate of drug-likeness (QED) is 0.254. The van der Waals surface area contributed by atoms with Crippen molar-refractivity contribution in [2.45, 2.75) is 13.2 Å². The number of nitrogens with zero attached hydrogens (tertiary/aromatic N) is 2. The molecule has 0 saturated heterocycles. The van der Waals surface area contributed by atoms with Crippen LogP contribution in [0.1, 0.15) is 6.92 Å². The molecule has 0 rings (SSSR count). The molecule has 0 aromatic heterocycles. The van der Waals surface area contributed by atoms with Gasteiger partial charge in [-0.05, 0) is 0 Å². The van der Waals surface area contributed by atoms with Gasteiger partial charge in [-0.3, -0.25) is 4.79 Å². The van der Waals surface area contributed by atoms with Gasteiger partial charge in [0.1, 0.15) is 0 Å². The van der Waals surface area contributed by atoms with Crippen molar-refractivity contribution < 1.29 is 19.0 Å². The van der Waals surface area contributed by atoms with Crippen LogP contribution in [0.2, 0.25) is 0 Å². The first kappa shape index (κ1) is 12.8. The Balaban J connectivity index is 3.88. The average Bonchev–Trinajstić information content (AvgIpc) is 2.18. The van der Waals surface area contributed by atoms with Gasteiger partial charge in [0, 0.05) is 21.1 Å². The van der Waals surface area contributed by atoms with Crippen molar-refractivity contribution >= 4 is 5.97 Å². The fourth-order valence-electron chi connectivity index (χ4n) is 0.692. The highest BCUT2D eigenvalue weighted by molar-refractivity contribution is 5.65. The van der Waals surface area contributed by atoms with Gasteiger partial charge in [0.05, 0.1) is 11.8 Å². The molecule has 0 radical (unpaired) electrons. The van der Waals surface area contributed by atoms with E-state index in [0.29, 0.717) is 0 Å². The fraction of sp³-hybridized carbons (Fsp3) is 0.857. The predicted molar refractivity (Wildman–Crippen MR) is 46.9 cm³/mol. The summed E-state index contributed by atoms with van der Waals surface area (Å²) in [6.45, 7) is 1.14. The number of nitroso groups, excluding NO2 is 1. The van der Waals surface area contributed by atoms with E-state index >= 15 is 0 Å². The molecule has 0 amide bonds. The monoisotopic (exact) mass is 206 g/mol. The second kappa shape index (κ2) is 7.22. The highest BCUT2D eigenvalue weighted by atomic mass is 16.7.